The van der Waals surface area contributed by atoms with Gasteiger partial charge in [0.15, 0.2) is 0 Å². The van der Waals surface area contributed by atoms with Crippen molar-refractivity contribution in [3.8, 4) is 0 Å². The van der Waals surface area contributed by atoms with E-state index in [4.69, 9.17) is 15.7 Å². The molecule has 0 amide bonds. The van der Waals surface area contributed by atoms with Gasteiger partial charge < -0.3 is 10.2 Å². The summed E-state index contributed by atoms with van der Waals surface area (Å²) in [6, 6.07) is -1.11. The van der Waals surface area contributed by atoms with Crippen molar-refractivity contribution in [2.45, 2.75) is 6.04 Å². The average molecular weight is 202 g/mol. The Balaban J connectivity index is 4.39. The molecule has 0 aromatic heterocycles. The van der Waals surface area contributed by atoms with Gasteiger partial charge in [-0.2, -0.15) is 0 Å². The van der Waals surface area contributed by atoms with Gasteiger partial charge in [0, 0.05) is 4.91 Å². The normalized spacial score (nSPS) is 11.9. The molecule has 1 unspecified atom stereocenters. The molecule has 0 aromatic carbocycles. The summed E-state index contributed by atoms with van der Waals surface area (Å²) in [7, 11) is 1.33. The predicted octanol–water partition coefficient (Wildman–Crippen LogP) is -0.234. The number of rotatable bonds is 6. The number of aliphatic carboxylic acids is 2. The van der Waals surface area contributed by atoms with Crippen LogP contribution in [0, 0.1) is 0 Å². The van der Waals surface area contributed by atoms with Crippen LogP contribution in [0.25, 0.3) is 10.4 Å². The van der Waals surface area contributed by atoms with Gasteiger partial charge in [-0.3, -0.25) is 14.5 Å². The molecule has 0 saturated carbocycles. The van der Waals surface area contributed by atoms with Crippen LogP contribution in [0.3, 0.4) is 0 Å². The highest BCUT2D eigenvalue weighted by molar-refractivity contribution is 5.75. The van der Waals surface area contributed by atoms with Crippen LogP contribution >= 0.6 is 0 Å². The second kappa shape index (κ2) is 5.79. The van der Waals surface area contributed by atoms with Crippen LogP contribution in [0.5, 0.6) is 0 Å². The van der Waals surface area contributed by atoms with Crippen molar-refractivity contribution < 1.29 is 19.8 Å². The molecule has 14 heavy (non-hydrogen) atoms. The van der Waals surface area contributed by atoms with E-state index in [-0.39, 0.29) is 6.54 Å². The SMILES string of the molecule is CN(CC(=O)O)C(CN=[N+]=[N-])C(=O)O. The molecule has 1 atom stereocenters. The van der Waals surface area contributed by atoms with Gasteiger partial charge >= 0.3 is 11.9 Å². The molecule has 2 N–H and O–H groups in total. The molecule has 0 saturated heterocycles. The highest BCUT2D eigenvalue weighted by Crippen LogP contribution is 1.97. The molecule has 0 radical (unpaired) electrons. The maximum Gasteiger partial charge on any atom is 0.321 e. The molecule has 0 spiro atoms. The van der Waals surface area contributed by atoms with Crippen molar-refractivity contribution in [2.75, 3.05) is 20.1 Å². The number of azide groups is 1. The van der Waals surface area contributed by atoms with E-state index in [1.165, 1.54) is 7.05 Å². The first kappa shape index (κ1) is 12.2. The predicted molar refractivity (Wildman–Crippen MR) is 45.7 cm³/mol. The fraction of sp³-hybridized carbons (Fsp3) is 0.667. The van der Waals surface area contributed by atoms with E-state index in [1.54, 1.807) is 0 Å². The van der Waals surface area contributed by atoms with E-state index in [9.17, 15) is 9.59 Å². The molecule has 0 rings (SSSR count). The van der Waals surface area contributed by atoms with Gasteiger partial charge in [0.2, 0.25) is 0 Å². The Morgan fingerprint density at radius 3 is 2.50 bits per heavy atom. The first-order chi connectivity index (χ1) is 6.49. The lowest BCUT2D eigenvalue weighted by Crippen LogP contribution is -2.43. The zero-order chi connectivity index (χ0) is 11.1. The number of carboxylic acids is 2. The molecule has 0 aliphatic rings. The maximum absolute atomic E-state index is 10.6. The molecule has 0 fully saturated rings. The van der Waals surface area contributed by atoms with E-state index in [1.807, 2.05) is 0 Å². The smallest absolute Gasteiger partial charge is 0.321 e. The van der Waals surface area contributed by atoms with Crippen LogP contribution in [0.15, 0.2) is 5.11 Å². The Labute approximate surface area is 79.4 Å². The van der Waals surface area contributed by atoms with Gasteiger partial charge in [-0.25, -0.2) is 0 Å². The summed E-state index contributed by atoms with van der Waals surface area (Å²) in [6.07, 6.45) is 0. The summed E-state index contributed by atoms with van der Waals surface area (Å²) in [6.45, 7) is -0.715. The Kier molecular flexibility index (Phi) is 5.05. The monoisotopic (exact) mass is 202 g/mol. The van der Waals surface area contributed by atoms with Crippen LogP contribution in [-0.2, 0) is 9.59 Å². The molecule has 8 nitrogen and oxygen atoms in total. The van der Waals surface area contributed by atoms with Crippen LogP contribution in [-0.4, -0.2) is 53.2 Å². The minimum Gasteiger partial charge on any atom is -0.480 e. The summed E-state index contributed by atoms with van der Waals surface area (Å²) >= 11 is 0. The molecule has 0 aliphatic heterocycles. The van der Waals surface area contributed by atoms with Gasteiger partial charge in [-0.1, -0.05) is 5.11 Å². The second-order valence-electron chi connectivity index (χ2n) is 2.58. The minimum atomic E-state index is -1.22. The van der Waals surface area contributed by atoms with Crippen molar-refractivity contribution in [3.63, 3.8) is 0 Å². The minimum absolute atomic E-state index is 0.296. The molecule has 0 heterocycles. The first-order valence-corrected chi connectivity index (χ1v) is 3.64. The summed E-state index contributed by atoms with van der Waals surface area (Å²) in [5.41, 5.74) is 7.99. The number of hydrogen-bond acceptors (Lipinski definition) is 4. The van der Waals surface area contributed by atoms with Crippen LogP contribution in [0.1, 0.15) is 0 Å². The molecule has 0 aliphatic carbocycles. The number of likely N-dealkylation sites (N-methyl/N-ethyl adjacent to an activating group) is 1. The zero-order valence-electron chi connectivity index (χ0n) is 7.49. The zero-order valence-corrected chi connectivity index (χ0v) is 7.49. The van der Waals surface area contributed by atoms with Crippen molar-refractivity contribution in [1.82, 2.24) is 4.90 Å². The fourth-order valence-electron chi connectivity index (χ4n) is 0.843. The quantitative estimate of drug-likeness (QED) is 0.349. The summed E-state index contributed by atoms with van der Waals surface area (Å²) in [4.78, 5) is 24.4. The molecule has 0 aromatic rings. The van der Waals surface area contributed by atoms with E-state index in [2.05, 4.69) is 10.0 Å². The average Bonchev–Trinajstić information content (AvgIpc) is 2.02. The lowest BCUT2D eigenvalue weighted by atomic mass is 10.2. The third-order valence-corrected chi connectivity index (χ3v) is 1.52. The van der Waals surface area contributed by atoms with Crippen LogP contribution < -0.4 is 0 Å². The molecule has 0 bridgehead atoms. The summed E-state index contributed by atoms with van der Waals surface area (Å²) in [5, 5.41) is 20.2. The Hall–Kier alpha value is -1.79. The van der Waals surface area contributed by atoms with Crippen molar-refractivity contribution in [1.29, 1.82) is 0 Å². The molecular formula is C6H10N4O4. The van der Waals surface area contributed by atoms with Crippen molar-refractivity contribution >= 4 is 11.9 Å². The lowest BCUT2D eigenvalue weighted by Gasteiger charge is -2.20. The maximum atomic E-state index is 10.6. The van der Waals surface area contributed by atoms with Crippen LogP contribution in [0.2, 0.25) is 0 Å². The second-order valence-corrected chi connectivity index (χ2v) is 2.58. The van der Waals surface area contributed by atoms with Crippen LogP contribution in [0.4, 0.5) is 0 Å². The van der Waals surface area contributed by atoms with Gasteiger partial charge in [-0.05, 0) is 12.6 Å². The number of nitrogens with zero attached hydrogens (tertiary/aromatic N) is 4. The molecule has 8 heteroatoms. The third kappa shape index (κ3) is 4.29. The summed E-state index contributed by atoms with van der Waals surface area (Å²) in [5.74, 6) is -2.36. The highest BCUT2D eigenvalue weighted by atomic mass is 16.4. The Bertz CT molecular complexity index is 273. The first-order valence-electron chi connectivity index (χ1n) is 3.64. The van der Waals surface area contributed by atoms with E-state index in [0.717, 1.165) is 4.90 Å². The molecular weight excluding hydrogens is 192 g/mol. The molecule has 78 valence electrons. The van der Waals surface area contributed by atoms with E-state index >= 15 is 0 Å². The number of hydrogen-bond donors (Lipinski definition) is 2. The Morgan fingerprint density at radius 1 is 1.57 bits per heavy atom. The largest absolute Gasteiger partial charge is 0.480 e. The standard InChI is InChI=1S/C6H10N4O4/c1-10(3-5(11)12)4(6(13)14)2-8-9-7/h4H,2-3H2,1H3,(H,11,12)(H,13,14). The summed E-state index contributed by atoms with van der Waals surface area (Å²) < 4.78 is 0. The van der Waals surface area contributed by atoms with Crippen molar-refractivity contribution in [2.24, 2.45) is 5.11 Å². The number of carboxylic acid groups (broad SMARTS) is 2. The number of carbonyl (C=O) groups is 2. The third-order valence-electron chi connectivity index (χ3n) is 1.52. The van der Waals surface area contributed by atoms with Gasteiger partial charge in [0.05, 0.1) is 13.1 Å². The van der Waals surface area contributed by atoms with Gasteiger partial charge in [0.25, 0.3) is 0 Å². The Morgan fingerprint density at radius 2 is 2.14 bits per heavy atom. The van der Waals surface area contributed by atoms with Gasteiger partial charge in [0.1, 0.15) is 6.04 Å². The highest BCUT2D eigenvalue weighted by Gasteiger charge is 2.23. The topological polar surface area (TPSA) is 127 Å². The van der Waals surface area contributed by atoms with E-state index < -0.39 is 24.5 Å². The lowest BCUT2D eigenvalue weighted by molar-refractivity contribution is -0.145. The van der Waals surface area contributed by atoms with Crippen molar-refractivity contribution in [3.05, 3.63) is 10.4 Å². The van der Waals surface area contributed by atoms with E-state index in [0.29, 0.717) is 0 Å². The fourth-order valence-corrected chi connectivity index (χ4v) is 0.843. The van der Waals surface area contributed by atoms with Gasteiger partial charge in [-0.15, -0.1) is 0 Å².